The lowest BCUT2D eigenvalue weighted by Crippen LogP contribution is -2.36. The fourth-order valence-corrected chi connectivity index (χ4v) is 2.78. The molecular formula is C16H17N3O2. The number of fused-ring (bicyclic) bond motifs is 1. The van der Waals surface area contributed by atoms with Gasteiger partial charge in [0.15, 0.2) is 5.76 Å². The maximum Gasteiger partial charge on any atom is 0.154 e. The van der Waals surface area contributed by atoms with Crippen molar-refractivity contribution < 1.29 is 9.15 Å². The van der Waals surface area contributed by atoms with Gasteiger partial charge in [0, 0.05) is 25.8 Å². The average Bonchev–Trinajstić information content (AvgIpc) is 3.16. The van der Waals surface area contributed by atoms with Crippen LogP contribution in [0.4, 0.5) is 0 Å². The second-order valence-corrected chi connectivity index (χ2v) is 5.20. The molecular weight excluding hydrogens is 266 g/mol. The standard InChI is InChI=1S/C16H17N3O2/c1-2-6-19-13(12-18-7-10-20-11-8-18)16(17-15(19)5-1)14-4-3-9-21-14/h1-6,9H,7-8,10-12H2. The SMILES string of the molecule is c1coc(-c2nc3ccccn3c2CN2CCOCC2)c1. The van der Waals surface area contributed by atoms with Crippen LogP contribution >= 0.6 is 0 Å². The predicted molar refractivity (Wildman–Crippen MR) is 79.0 cm³/mol. The van der Waals surface area contributed by atoms with Crippen LogP contribution in [-0.2, 0) is 11.3 Å². The summed E-state index contributed by atoms with van der Waals surface area (Å²) in [6, 6.07) is 9.92. The van der Waals surface area contributed by atoms with E-state index in [9.17, 15) is 0 Å². The Morgan fingerprint density at radius 1 is 1.10 bits per heavy atom. The molecule has 21 heavy (non-hydrogen) atoms. The molecule has 1 saturated heterocycles. The molecule has 4 heterocycles. The summed E-state index contributed by atoms with van der Waals surface area (Å²) in [5.41, 5.74) is 3.05. The van der Waals surface area contributed by atoms with Gasteiger partial charge in [0.2, 0.25) is 0 Å². The Balaban J connectivity index is 1.78. The molecule has 0 unspecified atom stereocenters. The molecule has 0 atom stereocenters. The largest absolute Gasteiger partial charge is 0.463 e. The van der Waals surface area contributed by atoms with Crippen molar-refractivity contribution in [3.63, 3.8) is 0 Å². The van der Waals surface area contributed by atoms with Crippen LogP contribution in [0.3, 0.4) is 0 Å². The topological polar surface area (TPSA) is 42.9 Å². The van der Waals surface area contributed by atoms with Crippen LogP contribution in [0, 0.1) is 0 Å². The van der Waals surface area contributed by atoms with E-state index in [0.717, 1.165) is 49.9 Å². The van der Waals surface area contributed by atoms with Crippen molar-refractivity contribution in [2.24, 2.45) is 0 Å². The molecule has 3 aromatic heterocycles. The highest BCUT2D eigenvalue weighted by Crippen LogP contribution is 2.26. The zero-order chi connectivity index (χ0) is 14.1. The smallest absolute Gasteiger partial charge is 0.154 e. The van der Waals surface area contributed by atoms with Gasteiger partial charge < -0.3 is 13.6 Å². The number of furan rings is 1. The van der Waals surface area contributed by atoms with Gasteiger partial charge in [-0.2, -0.15) is 0 Å². The van der Waals surface area contributed by atoms with Gasteiger partial charge in [-0.1, -0.05) is 6.07 Å². The van der Waals surface area contributed by atoms with Crippen molar-refractivity contribution in [3.05, 3.63) is 48.5 Å². The van der Waals surface area contributed by atoms with Gasteiger partial charge in [0.05, 0.1) is 25.2 Å². The second-order valence-electron chi connectivity index (χ2n) is 5.20. The van der Waals surface area contributed by atoms with Crippen molar-refractivity contribution in [3.8, 4) is 11.5 Å². The van der Waals surface area contributed by atoms with Crippen LogP contribution in [0.1, 0.15) is 5.69 Å². The van der Waals surface area contributed by atoms with Crippen molar-refractivity contribution in [1.82, 2.24) is 14.3 Å². The molecule has 0 bridgehead atoms. The molecule has 5 nitrogen and oxygen atoms in total. The van der Waals surface area contributed by atoms with Crippen LogP contribution in [0.15, 0.2) is 47.2 Å². The first-order chi connectivity index (χ1) is 10.4. The van der Waals surface area contributed by atoms with Gasteiger partial charge in [0.25, 0.3) is 0 Å². The summed E-state index contributed by atoms with van der Waals surface area (Å²) in [6.07, 6.45) is 3.75. The molecule has 0 amide bonds. The molecule has 1 aliphatic rings. The Hall–Kier alpha value is -2.11. The second kappa shape index (κ2) is 5.35. The third-order valence-corrected chi connectivity index (χ3v) is 3.86. The monoisotopic (exact) mass is 283 g/mol. The van der Waals surface area contributed by atoms with Gasteiger partial charge >= 0.3 is 0 Å². The third-order valence-electron chi connectivity index (χ3n) is 3.86. The van der Waals surface area contributed by atoms with Gasteiger partial charge in [-0.15, -0.1) is 0 Å². The molecule has 4 rings (SSSR count). The molecule has 0 radical (unpaired) electrons. The lowest BCUT2D eigenvalue weighted by Gasteiger charge is -2.26. The number of rotatable bonds is 3. The minimum absolute atomic E-state index is 0.798. The van der Waals surface area contributed by atoms with E-state index < -0.39 is 0 Å². The molecule has 0 saturated carbocycles. The Morgan fingerprint density at radius 3 is 2.81 bits per heavy atom. The number of hydrogen-bond donors (Lipinski definition) is 0. The zero-order valence-electron chi connectivity index (χ0n) is 11.7. The summed E-state index contributed by atoms with van der Waals surface area (Å²) in [4.78, 5) is 7.13. The van der Waals surface area contributed by atoms with Gasteiger partial charge in [-0.25, -0.2) is 4.98 Å². The Kier molecular flexibility index (Phi) is 3.21. The molecule has 0 spiro atoms. The Bertz CT molecular complexity index is 727. The molecule has 1 aliphatic heterocycles. The van der Waals surface area contributed by atoms with Gasteiger partial charge in [-0.05, 0) is 24.3 Å². The van der Waals surface area contributed by atoms with Gasteiger partial charge in [0.1, 0.15) is 11.3 Å². The number of imidazole rings is 1. The quantitative estimate of drug-likeness (QED) is 0.740. The van der Waals surface area contributed by atoms with E-state index >= 15 is 0 Å². The van der Waals surface area contributed by atoms with E-state index in [1.54, 1.807) is 6.26 Å². The number of morpholine rings is 1. The van der Waals surface area contributed by atoms with Crippen LogP contribution in [-0.4, -0.2) is 40.6 Å². The van der Waals surface area contributed by atoms with E-state index in [2.05, 4.69) is 15.5 Å². The average molecular weight is 283 g/mol. The van der Waals surface area contributed by atoms with E-state index in [-0.39, 0.29) is 0 Å². The van der Waals surface area contributed by atoms with Crippen molar-refractivity contribution in [2.75, 3.05) is 26.3 Å². The number of aromatic nitrogens is 2. The van der Waals surface area contributed by atoms with Crippen LogP contribution in [0.5, 0.6) is 0 Å². The highest BCUT2D eigenvalue weighted by atomic mass is 16.5. The molecule has 5 heteroatoms. The number of hydrogen-bond acceptors (Lipinski definition) is 4. The predicted octanol–water partition coefficient (Wildman–Crippen LogP) is 2.43. The van der Waals surface area contributed by atoms with Crippen LogP contribution in [0.25, 0.3) is 17.1 Å². The highest BCUT2D eigenvalue weighted by molar-refractivity contribution is 5.62. The minimum atomic E-state index is 0.798. The number of pyridine rings is 1. The summed E-state index contributed by atoms with van der Waals surface area (Å²) in [5, 5.41) is 0. The van der Waals surface area contributed by atoms with Crippen LogP contribution < -0.4 is 0 Å². The Labute approximate surface area is 122 Å². The van der Waals surface area contributed by atoms with Crippen LogP contribution in [0.2, 0.25) is 0 Å². The zero-order valence-corrected chi connectivity index (χ0v) is 11.7. The van der Waals surface area contributed by atoms with E-state index in [4.69, 9.17) is 14.1 Å². The molecule has 0 N–H and O–H groups in total. The van der Waals surface area contributed by atoms with Crippen molar-refractivity contribution >= 4 is 5.65 Å². The normalized spacial score (nSPS) is 16.6. The molecule has 0 aliphatic carbocycles. The maximum absolute atomic E-state index is 5.56. The number of nitrogens with zero attached hydrogens (tertiary/aromatic N) is 3. The van der Waals surface area contributed by atoms with E-state index in [1.165, 1.54) is 5.69 Å². The summed E-state index contributed by atoms with van der Waals surface area (Å²) in [6.45, 7) is 4.36. The minimum Gasteiger partial charge on any atom is -0.463 e. The van der Waals surface area contributed by atoms with E-state index in [0.29, 0.717) is 0 Å². The summed E-state index contributed by atoms with van der Waals surface area (Å²) in [7, 11) is 0. The Morgan fingerprint density at radius 2 is 2.00 bits per heavy atom. The maximum atomic E-state index is 5.56. The first kappa shape index (κ1) is 12.6. The lowest BCUT2D eigenvalue weighted by molar-refractivity contribution is 0.0336. The first-order valence-electron chi connectivity index (χ1n) is 7.22. The summed E-state index contributed by atoms with van der Waals surface area (Å²) >= 11 is 0. The first-order valence-corrected chi connectivity index (χ1v) is 7.22. The fourth-order valence-electron chi connectivity index (χ4n) is 2.78. The third kappa shape index (κ3) is 2.34. The van der Waals surface area contributed by atoms with E-state index in [1.807, 2.05) is 30.3 Å². The van der Waals surface area contributed by atoms with Crippen molar-refractivity contribution in [2.45, 2.75) is 6.54 Å². The molecule has 0 aromatic carbocycles. The molecule has 3 aromatic rings. The molecule has 108 valence electrons. The van der Waals surface area contributed by atoms with Crippen molar-refractivity contribution in [1.29, 1.82) is 0 Å². The lowest BCUT2D eigenvalue weighted by atomic mass is 10.2. The number of ether oxygens (including phenoxy) is 1. The fraction of sp³-hybridized carbons (Fsp3) is 0.312. The highest BCUT2D eigenvalue weighted by Gasteiger charge is 2.19. The molecule has 1 fully saturated rings. The summed E-state index contributed by atoms with van der Waals surface area (Å²) in [5.74, 6) is 0.821. The van der Waals surface area contributed by atoms with Gasteiger partial charge in [-0.3, -0.25) is 4.90 Å². The summed E-state index contributed by atoms with van der Waals surface area (Å²) < 4.78 is 13.1.